The molecule has 0 spiro atoms. The van der Waals surface area contributed by atoms with Gasteiger partial charge in [-0.3, -0.25) is 14.5 Å². The Labute approximate surface area is 197 Å². The van der Waals surface area contributed by atoms with Gasteiger partial charge in [-0.05, 0) is 59.1 Å². The first kappa shape index (κ1) is 27.4. The van der Waals surface area contributed by atoms with Crippen molar-refractivity contribution >= 4 is 30.5 Å². The first-order chi connectivity index (χ1) is 14.7. The van der Waals surface area contributed by atoms with Crippen LogP contribution in [0, 0.1) is 12.5 Å². The smallest absolute Gasteiger partial charge is 0.408 e. The highest BCUT2D eigenvalue weighted by atomic mass is 32.1. The highest BCUT2D eigenvalue weighted by Gasteiger charge is 2.36. The molecule has 2 N–H and O–H groups in total. The summed E-state index contributed by atoms with van der Waals surface area (Å²) in [7, 11) is 0. The molecule has 0 saturated heterocycles. The lowest BCUT2D eigenvalue weighted by atomic mass is 9.99. The van der Waals surface area contributed by atoms with Crippen LogP contribution in [0.5, 0.6) is 0 Å². The summed E-state index contributed by atoms with van der Waals surface area (Å²) in [4.78, 5) is 39.7. The number of hydrogen-bond acceptors (Lipinski definition) is 5. The maximum absolute atomic E-state index is 13.3. The highest BCUT2D eigenvalue weighted by molar-refractivity contribution is 7.80. The number of hydrogen-bond donors (Lipinski definition) is 3. The van der Waals surface area contributed by atoms with Crippen LogP contribution in [0.2, 0.25) is 0 Å². The maximum atomic E-state index is 13.3. The van der Waals surface area contributed by atoms with Crippen LogP contribution in [0.15, 0.2) is 24.3 Å². The molecule has 2 atom stereocenters. The summed E-state index contributed by atoms with van der Waals surface area (Å²) in [5.74, 6) is -1.09. The van der Waals surface area contributed by atoms with E-state index in [4.69, 9.17) is 11.2 Å². The van der Waals surface area contributed by atoms with Crippen molar-refractivity contribution in [2.24, 2.45) is 0 Å². The molecule has 0 heterocycles. The van der Waals surface area contributed by atoms with E-state index in [1.807, 2.05) is 39.8 Å². The SMILES string of the molecule is C#CN(C(=O)C(CS)NC(=O)OC(C)(C)C)C(C(=O)NC(C)(C)C)c1ccc(CC)cc1. The zero-order valence-electron chi connectivity index (χ0n) is 20.0. The number of nitrogens with one attached hydrogen (secondary N) is 2. The normalized spacial score (nSPS) is 13.3. The number of nitrogens with zero attached hydrogens (tertiary/aromatic N) is 1. The van der Waals surface area contributed by atoms with Gasteiger partial charge in [0.2, 0.25) is 5.91 Å². The summed E-state index contributed by atoms with van der Waals surface area (Å²) in [6.07, 6.45) is 5.76. The topological polar surface area (TPSA) is 87.7 Å². The molecule has 0 aliphatic rings. The molecule has 32 heavy (non-hydrogen) atoms. The number of carbonyl (C=O) groups excluding carboxylic acids is 3. The van der Waals surface area contributed by atoms with Gasteiger partial charge in [-0.1, -0.05) is 37.6 Å². The predicted molar refractivity (Wildman–Crippen MR) is 129 cm³/mol. The van der Waals surface area contributed by atoms with Crippen molar-refractivity contribution in [2.45, 2.75) is 78.1 Å². The van der Waals surface area contributed by atoms with E-state index in [1.165, 1.54) is 0 Å². The maximum Gasteiger partial charge on any atom is 0.408 e. The Balaban J connectivity index is 3.30. The van der Waals surface area contributed by atoms with E-state index in [-0.39, 0.29) is 5.75 Å². The summed E-state index contributed by atoms with van der Waals surface area (Å²) in [5.41, 5.74) is 0.364. The molecule has 7 nitrogen and oxygen atoms in total. The molecule has 3 amide bonds. The Morgan fingerprint density at radius 3 is 2.09 bits per heavy atom. The van der Waals surface area contributed by atoms with Crippen molar-refractivity contribution in [3.05, 3.63) is 35.4 Å². The first-order valence-corrected chi connectivity index (χ1v) is 11.2. The van der Waals surface area contributed by atoms with Crippen molar-refractivity contribution in [1.29, 1.82) is 0 Å². The second kappa shape index (κ2) is 11.3. The molecule has 0 aromatic heterocycles. The monoisotopic (exact) mass is 461 g/mol. The molecule has 0 bridgehead atoms. The third-order valence-electron chi connectivity index (χ3n) is 4.26. The number of terminal acetylenes is 1. The van der Waals surface area contributed by atoms with E-state index in [1.54, 1.807) is 32.9 Å². The quantitative estimate of drug-likeness (QED) is 0.330. The average molecular weight is 462 g/mol. The molecule has 1 aromatic rings. The van der Waals surface area contributed by atoms with E-state index in [0.29, 0.717) is 5.56 Å². The van der Waals surface area contributed by atoms with E-state index in [9.17, 15) is 14.4 Å². The predicted octanol–water partition coefficient (Wildman–Crippen LogP) is 3.45. The van der Waals surface area contributed by atoms with Crippen LogP contribution in [0.1, 0.15) is 65.6 Å². The molecule has 0 fully saturated rings. The second-order valence-corrected chi connectivity index (χ2v) is 9.82. The van der Waals surface area contributed by atoms with E-state index >= 15 is 0 Å². The van der Waals surface area contributed by atoms with Crippen molar-refractivity contribution < 1.29 is 19.1 Å². The van der Waals surface area contributed by atoms with Crippen molar-refractivity contribution in [3.63, 3.8) is 0 Å². The van der Waals surface area contributed by atoms with Crippen molar-refractivity contribution in [1.82, 2.24) is 15.5 Å². The van der Waals surface area contributed by atoms with Gasteiger partial charge >= 0.3 is 6.09 Å². The molecule has 0 radical (unpaired) electrons. The van der Waals surface area contributed by atoms with Gasteiger partial charge in [0.15, 0.2) is 0 Å². The summed E-state index contributed by atoms with van der Waals surface area (Å²) < 4.78 is 5.23. The molecule has 0 saturated carbocycles. The van der Waals surface area contributed by atoms with Crippen LogP contribution in [0.4, 0.5) is 4.79 Å². The Morgan fingerprint density at radius 1 is 1.12 bits per heavy atom. The minimum Gasteiger partial charge on any atom is -0.444 e. The first-order valence-electron chi connectivity index (χ1n) is 10.5. The Morgan fingerprint density at radius 2 is 1.69 bits per heavy atom. The molecule has 1 aromatic carbocycles. The third kappa shape index (κ3) is 8.46. The van der Waals surface area contributed by atoms with Gasteiger partial charge < -0.3 is 15.4 Å². The van der Waals surface area contributed by atoms with Crippen molar-refractivity contribution in [2.75, 3.05) is 5.75 Å². The standard InChI is InChI=1S/C24H35N3O4S/c1-9-16-11-13-17(14-12-16)19(20(28)26-23(3,4)5)27(10-2)21(29)18(15-32)25-22(30)31-24(6,7)8/h2,11-14,18-19,32H,9,15H2,1,3-8H3,(H,25,30)(H,26,28). The average Bonchev–Trinajstić information content (AvgIpc) is 2.67. The molecule has 2 unspecified atom stereocenters. The lowest BCUT2D eigenvalue weighted by molar-refractivity contribution is -0.138. The molecule has 1 rings (SSSR count). The number of alkyl carbamates (subject to hydrolysis) is 1. The minimum atomic E-state index is -1.08. The van der Waals surface area contributed by atoms with E-state index in [0.717, 1.165) is 16.9 Å². The van der Waals surface area contributed by atoms with Crippen LogP contribution in [-0.4, -0.2) is 45.7 Å². The molecule has 176 valence electrons. The number of thiol groups is 1. The summed E-state index contributed by atoms with van der Waals surface area (Å²) in [6.45, 7) is 12.7. The zero-order chi connectivity index (χ0) is 24.7. The second-order valence-electron chi connectivity index (χ2n) is 9.46. The largest absolute Gasteiger partial charge is 0.444 e. The fourth-order valence-electron chi connectivity index (χ4n) is 2.86. The lowest BCUT2D eigenvalue weighted by Crippen LogP contribution is -2.53. The zero-order valence-corrected chi connectivity index (χ0v) is 20.9. The van der Waals surface area contributed by atoms with E-state index < -0.39 is 41.1 Å². The minimum absolute atomic E-state index is 0.0291. The molecule has 8 heteroatoms. The molecular formula is C24H35N3O4S. The van der Waals surface area contributed by atoms with Crippen LogP contribution >= 0.6 is 12.6 Å². The van der Waals surface area contributed by atoms with Gasteiger partial charge in [0.25, 0.3) is 5.91 Å². The molecular weight excluding hydrogens is 426 g/mol. The Kier molecular flexibility index (Phi) is 9.65. The lowest BCUT2D eigenvalue weighted by Gasteiger charge is -2.32. The van der Waals surface area contributed by atoms with Gasteiger partial charge in [0.1, 0.15) is 17.7 Å². The molecule has 0 aliphatic heterocycles. The Bertz CT molecular complexity index is 848. The van der Waals surface area contributed by atoms with Gasteiger partial charge in [-0.2, -0.15) is 12.6 Å². The van der Waals surface area contributed by atoms with Crippen LogP contribution < -0.4 is 10.6 Å². The van der Waals surface area contributed by atoms with Gasteiger partial charge in [-0.15, -0.1) is 0 Å². The van der Waals surface area contributed by atoms with E-state index in [2.05, 4.69) is 29.3 Å². The number of aryl methyl sites for hydroxylation is 1. The number of ether oxygens (including phenoxy) is 1. The number of carbonyl (C=O) groups is 3. The summed E-state index contributed by atoms with van der Waals surface area (Å²) in [6, 6.07) is 7.50. The van der Waals surface area contributed by atoms with Crippen LogP contribution in [0.25, 0.3) is 0 Å². The molecule has 0 aliphatic carbocycles. The van der Waals surface area contributed by atoms with Gasteiger partial charge in [0, 0.05) is 17.3 Å². The van der Waals surface area contributed by atoms with Crippen LogP contribution in [0.3, 0.4) is 0 Å². The highest BCUT2D eigenvalue weighted by Crippen LogP contribution is 2.24. The third-order valence-corrected chi connectivity index (χ3v) is 4.62. The number of benzene rings is 1. The fraction of sp³-hybridized carbons (Fsp3) is 0.542. The van der Waals surface area contributed by atoms with Crippen molar-refractivity contribution in [3.8, 4) is 12.5 Å². The summed E-state index contributed by atoms with van der Waals surface area (Å²) >= 11 is 4.19. The summed E-state index contributed by atoms with van der Waals surface area (Å²) in [5, 5.41) is 5.38. The number of amides is 3. The Hall–Kier alpha value is -2.66. The van der Waals surface area contributed by atoms with Gasteiger partial charge in [-0.25, -0.2) is 4.79 Å². The fourth-order valence-corrected chi connectivity index (χ4v) is 3.11. The number of rotatable bonds is 7. The van der Waals surface area contributed by atoms with Gasteiger partial charge in [0.05, 0.1) is 0 Å². The van der Waals surface area contributed by atoms with Crippen LogP contribution in [-0.2, 0) is 20.7 Å².